The Hall–Kier alpha value is -3.12. The van der Waals surface area contributed by atoms with Gasteiger partial charge in [-0.2, -0.15) is 4.39 Å². The van der Waals surface area contributed by atoms with E-state index in [-0.39, 0.29) is 28.9 Å². The second kappa shape index (κ2) is 13.8. The molecule has 0 saturated carbocycles. The molecule has 0 bridgehead atoms. The minimum atomic E-state index is -1.03. The molecule has 4 rings (SSSR count). The number of ether oxygens (including phenoxy) is 2. The topological polar surface area (TPSA) is 18.5 Å². The summed E-state index contributed by atoms with van der Waals surface area (Å²) in [4.78, 5) is 0. The highest BCUT2D eigenvalue weighted by atomic mass is 19.2. The van der Waals surface area contributed by atoms with Crippen LogP contribution in [0.25, 0.3) is 22.3 Å². The van der Waals surface area contributed by atoms with E-state index in [1.807, 2.05) is 19.1 Å². The monoisotopic (exact) mass is 540 g/mol. The molecule has 1 aliphatic heterocycles. The highest BCUT2D eigenvalue weighted by molar-refractivity contribution is 5.72. The van der Waals surface area contributed by atoms with Crippen LogP contribution in [-0.4, -0.2) is 19.3 Å². The molecule has 0 N–H and O–H groups in total. The van der Waals surface area contributed by atoms with E-state index in [2.05, 4.69) is 6.92 Å². The lowest BCUT2D eigenvalue weighted by molar-refractivity contribution is 0.0317. The van der Waals surface area contributed by atoms with Crippen molar-refractivity contribution in [2.45, 2.75) is 70.8 Å². The number of rotatable bonds is 11. The Morgan fingerprint density at radius 2 is 1.41 bits per heavy atom. The maximum absolute atomic E-state index is 15.1. The molecule has 1 aliphatic rings. The predicted octanol–water partition coefficient (Wildman–Crippen LogP) is 9.76. The third-order valence-corrected chi connectivity index (χ3v) is 7.33. The summed E-state index contributed by atoms with van der Waals surface area (Å²) >= 11 is 0. The van der Waals surface area contributed by atoms with Gasteiger partial charge in [0.15, 0.2) is 23.2 Å². The molecule has 1 saturated heterocycles. The van der Waals surface area contributed by atoms with Crippen LogP contribution in [0, 0.1) is 23.3 Å². The second-order valence-electron chi connectivity index (χ2n) is 10.1. The Morgan fingerprint density at radius 1 is 0.769 bits per heavy atom. The number of hydrogen-bond acceptors (Lipinski definition) is 2. The van der Waals surface area contributed by atoms with E-state index >= 15 is 8.78 Å². The molecule has 2 atom stereocenters. The molecule has 3 aromatic carbocycles. The fraction of sp³-hybridized carbons (Fsp3) is 0.394. The van der Waals surface area contributed by atoms with Crippen LogP contribution in [-0.2, 0) is 4.74 Å². The predicted molar refractivity (Wildman–Crippen MR) is 148 cm³/mol. The van der Waals surface area contributed by atoms with Crippen molar-refractivity contribution in [2.24, 2.45) is 0 Å². The maximum atomic E-state index is 15.1. The van der Waals surface area contributed by atoms with Gasteiger partial charge in [0.05, 0.1) is 19.3 Å². The van der Waals surface area contributed by atoms with Crippen LogP contribution in [0.3, 0.4) is 0 Å². The number of hydrogen-bond donors (Lipinski definition) is 0. The van der Waals surface area contributed by atoms with Crippen molar-refractivity contribution < 1.29 is 27.0 Å². The van der Waals surface area contributed by atoms with Crippen molar-refractivity contribution in [2.75, 3.05) is 13.2 Å². The average molecular weight is 541 g/mol. The lowest BCUT2D eigenvalue weighted by Gasteiger charge is -2.28. The Kier molecular flexibility index (Phi) is 10.2. The first kappa shape index (κ1) is 28.9. The first-order valence-electron chi connectivity index (χ1n) is 13.9. The van der Waals surface area contributed by atoms with Gasteiger partial charge >= 0.3 is 0 Å². The molecular formula is C33H36F4O2. The zero-order valence-corrected chi connectivity index (χ0v) is 22.6. The summed E-state index contributed by atoms with van der Waals surface area (Å²) in [5, 5.41) is 0. The number of allylic oxidation sites excluding steroid dienone is 1. The first-order valence-corrected chi connectivity index (χ1v) is 13.9. The van der Waals surface area contributed by atoms with Crippen LogP contribution < -0.4 is 4.74 Å². The van der Waals surface area contributed by atoms with Crippen molar-refractivity contribution in [3.05, 3.63) is 89.5 Å². The van der Waals surface area contributed by atoms with Crippen molar-refractivity contribution in [3.8, 4) is 28.0 Å². The third kappa shape index (κ3) is 6.91. The van der Waals surface area contributed by atoms with Crippen LogP contribution in [0.1, 0.15) is 70.3 Å². The SMILES string of the molecule is C/C=C/C1CCC(c2ccc(-c3ccc(-c4ccc(OCCCCCCC)c(F)c4F)cc3)c(F)c2F)CO1. The van der Waals surface area contributed by atoms with Crippen molar-refractivity contribution in [1.82, 2.24) is 0 Å². The summed E-state index contributed by atoms with van der Waals surface area (Å²) in [6.07, 6.45) is 10.5. The van der Waals surface area contributed by atoms with Crippen molar-refractivity contribution >= 4 is 0 Å². The van der Waals surface area contributed by atoms with E-state index in [4.69, 9.17) is 9.47 Å². The zero-order valence-electron chi connectivity index (χ0n) is 22.6. The van der Waals surface area contributed by atoms with E-state index in [0.29, 0.717) is 36.3 Å². The molecule has 0 spiro atoms. The second-order valence-corrected chi connectivity index (χ2v) is 10.1. The molecule has 0 aromatic heterocycles. The third-order valence-electron chi connectivity index (χ3n) is 7.33. The number of halogens is 4. The van der Waals surface area contributed by atoms with Gasteiger partial charge in [-0.3, -0.25) is 0 Å². The summed E-state index contributed by atoms with van der Waals surface area (Å²) < 4.78 is 71.0. The molecule has 0 amide bonds. The number of benzene rings is 3. The maximum Gasteiger partial charge on any atom is 0.201 e. The molecular weight excluding hydrogens is 504 g/mol. The van der Waals surface area contributed by atoms with Crippen LogP contribution in [0.4, 0.5) is 17.6 Å². The van der Waals surface area contributed by atoms with E-state index < -0.39 is 23.3 Å². The fourth-order valence-corrected chi connectivity index (χ4v) is 5.07. The van der Waals surface area contributed by atoms with E-state index in [1.165, 1.54) is 12.1 Å². The Bertz CT molecular complexity index is 1260. The minimum Gasteiger partial charge on any atom is -0.490 e. The van der Waals surface area contributed by atoms with Crippen LogP contribution in [0.5, 0.6) is 5.75 Å². The molecule has 0 aliphatic carbocycles. The molecule has 0 radical (unpaired) electrons. The van der Waals surface area contributed by atoms with E-state index in [0.717, 1.165) is 38.5 Å². The molecule has 6 heteroatoms. The van der Waals surface area contributed by atoms with E-state index in [9.17, 15) is 8.78 Å². The summed E-state index contributed by atoms with van der Waals surface area (Å²) in [7, 11) is 0. The van der Waals surface area contributed by atoms with Crippen LogP contribution in [0.2, 0.25) is 0 Å². The number of unbranched alkanes of at least 4 members (excludes halogenated alkanes) is 4. The Morgan fingerprint density at radius 3 is 2.03 bits per heavy atom. The molecule has 39 heavy (non-hydrogen) atoms. The largest absolute Gasteiger partial charge is 0.490 e. The minimum absolute atomic E-state index is 0.0132. The fourth-order valence-electron chi connectivity index (χ4n) is 5.07. The van der Waals surface area contributed by atoms with Gasteiger partial charge in [0.25, 0.3) is 0 Å². The van der Waals surface area contributed by atoms with Gasteiger partial charge in [-0.15, -0.1) is 0 Å². The molecule has 1 fully saturated rings. The molecule has 2 nitrogen and oxygen atoms in total. The standard InChI is InChI=1S/C33H36F4O2/c1-3-5-6-7-8-20-38-29-19-18-27(32(36)33(29)37)23-12-10-22(11-13-23)26-16-17-28(31(35)30(26)34)24-14-15-25(9-4-2)39-21-24/h4,9-13,16-19,24-25H,3,5-8,14-15,20-21H2,1-2H3/b9-4+. The normalized spacial score (nSPS) is 17.6. The summed E-state index contributed by atoms with van der Waals surface area (Å²) in [6, 6.07) is 12.4. The summed E-state index contributed by atoms with van der Waals surface area (Å²) in [6.45, 7) is 4.73. The van der Waals surface area contributed by atoms with Gasteiger partial charge in [-0.1, -0.05) is 81.2 Å². The Balaban J connectivity index is 1.45. The highest BCUT2D eigenvalue weighted by Crippen LogP contribution is 2.36. The van der Waals surface area contributed by atoms with Crippen molar-refractivity contribution in [1.29, 1.82) is 0 Å². The van der Waals surface area contributed by atoms with Crippen LogP contribution in [0.15, 0.2) is 60.7 Å². The summed E-state index contributed by atoms with van der Waals surface area (Å²) in [5.74, 6) is -4.14. The molecule has 1 heterocycles. The molecule has 208 valence electrons. The molecule has 2 unspecified atom stereocenters. The van der Waals surface area contributed by atoms with Gasteiger partial charge < -0.3 is 9.47 Å². The van der Waals surface area contributed by atoms with Gasteiger partial charge in [-0.05, 0) is 55.0 Å². The average Bonchev–Trinajstić information content (AvgIpc) is 2.95. The van der Waals surface area contributed by atoms with Crippen molar-refractivity contribution in [3.63, 3.8) is 0 Å². The van der Waals surface area contributed by atoms with Crippen LogP contribution >= 0.6 is 0 Å². The zero-order chi connectivity index (χ0) is 27.8. The summed E-state index contributed by atoms with van der Waals surface area (Å²) in [5.41, 5.74) is 1.37. The lowest BCUT2D eigenvalue weighted by Crippen LogP contribution is -2.24. The lowest BCUT2D eigenvalue weighted by atomic mass is 9.89. The molecule has 3 aromatic rings. The Labute approximate surface area is 228 Å². The quantitative estimate of drug-likeness (QED) is 0.137. The van der Waals surface area contributed by atoms with Gasteiger partial charge in [0.1, 0.15) is 0 Å². The smallest absolute Gasteiger partial charge is 0.201 e. The van der Waals surface area contributed by atoms with Gasteiger partial charge in [0.2, 0.25) is 5.82 Å². The highest BCUT2D eigenvalue weighted by Gasteiger charge is 2.26. The van der Waals surface area contributed by atoms with Gasteiger partial charge in [-0.25, -0.2) is 13.2 Å². The van der Waals surface area contributed by atoms with Gasteiger partial charge in [0, 0.05) is 17.0 Å². The first-order chi connectivity index (χ1) is 18.9. The van der Waals surface area contributed by atoms with E-state index in [1.54, 1.807) is 36.4 Å².